The number of nitrogens with two attached hydrogens (primary N) is 2. The Hall–Kier alpha value is -0.430. The number of aromatic nitrogens is 3. The molecule has 5 nitrogen and oxygen atoms in total. The first-order valence-electron chi connectivity index (χ1n) is 2.64. The Kier molecular flexibility index (Phi) is 2.61. The van der Waals surface area contributed by atoms with Crippen LogP contribution in [0.1, 0.15) is 9.56 Å². The highest BCUT2D eigenvalue weighted by molar-refractivity contribution is 9.24. The van der Waals surface area contributed by atoms with Crippen LogP contribution in [0.15, 0.2) is 0 Å². The summed E-state index contributed by atoms with van der Waals surface area (Å²) >= 11 is 6.41. The van der Waals surface area contributed by atoms with E-state index < -0.39 is 0 Å². The van der Waals surface area contributed by atoms with Crippen LogP contribution < -0.4 is 11.5 Å². The van der Waals surface area contributed by atoms with Gasteiger partial charge < -0.3 is 11.5 Å². The summed E-state index contributed by atoms with van der Waals surface area (Å²) in [6.07, 6.45) is 0. The monoisotopic (exact) mass is 281 g/mol. The minimum Gasteiger partial charge on any atom is -0.368 e. The Balaban J connectivity index is 3.08. The van der Waals surface area contributed by atoms with Crippen LogP contribution in [-0.4, -0.2) is 15.0 Å². The molecule has 4 N–H and O–H groups in total. The van der Waals surface area contributed by atoms with Crippen molar-refractivity contribution in [1.29, 1.82) is 0 Å². The summed E-state index contributed by atoms with van der Waals surface area (Å²) in [6, 6.07) is 0. The Morgan fingerprint density at radius 1 is 1.00 bits per heavy atom. The van der Waals surface area contributed by atoms with Gasteiger partial charge in [-0.2, -0.15) is 15.0 Å². The lowest BCUT2D eigenvalue weighted by molar-refractivity contribution is 0.989. The van der Waals surface area contributed by atoms with Crippen LogP contribution in [0, 0.1) is 0 Å². The molecule has 0 fully saturated rings. The molecule has 0 unspecified atom stereocenters. The number of hydrogen-bond donors (Lipinski definition) is 2. The number of rotatable bonds is 1. The molecule has 0 amide bonds. The highest BCUT2D eigenvalue weighted by atomic mass is 79.9. The molecule has 0 bridgehead atoms. The van der Waals surface area contributed by atoms with E-state index in [-0.39, 0.29) is 15.6 Å². The van der Waals surface area contributed by atoms with Gasteiger partial charge in [0.05, 0.1) is 0 Å². The number of alkyl halides is 2. The first kappa shape index (κ1) is 8.66. The minimum absolute atomic E-state index is 0.122. The van der Waals surface area contributed by atoms with Gasteiger partial charge in [-0.25, -0.2) is 0 Å². The predicted molar refractivity (Wildman–Crippen MR) is 49.2 cm³/mol. The van der Waals surface area contributed by atoms with Gasteiger partial charge in [-0.05, 0) is 0 Å². The smallest absolute Gasteiger partial charge is 0.225 e. The number of hydrogen-bond acceptors (Lipinski definition) is 5. The average molecular weight is 283 g/mol. The van der Waals surface area contributed by atoms with Gasteiger partial charge in [0, 0.05) is 0 Å². The number of anilines is 2. The van der Waals surface area contributed by atoms with Gasteiger partial charge in [-0.1, -0.05) is 31.9 Å². The summed E-state index contributed by atoms with van der Waals surface area (Å²) in [7, 11) is 0. The largest absolute Gasteiger partial charge is 0.368 e. The third-order valence-electron chi connectivity index (χ3n) is 0.882. The van der Waals surface area contributed by atoms with E-state index in [0.29, 0.717) is 5.82 Å². The third-order valence-corrected chi connectivity index (χ3v) is 1.70. The molecular formula is C4H5Br2N5. The van der Waals surface area contributed by atoms with Crippen molar-refractivity contribution in [3.8, 4) is 0 Å². The summed E-state index contributed by atoms with van der Waals surface area (Å²) in [6.45, 7) is 0. The standard InChI is InChI=1S/C4H5Br2N5/c5-1(6)2-9-3(7)11-4(8)10-2/h1H,(H4,7,8,9,10,11). The van der Waals surface area contributed by atoms with Gasteiger partial charge in [0.15, 0.2) is 5.82 Å². The Labute approximate surface area is 79.9 Å². The van der Waals surface area contributed by atoms with Crippen LogP contribution in [0.25, 0.3) is 0 Å². The Morgan fingerprint density at radius 3 is 1.82 bits per heavy atom. The van der Waals surface area contributed by atoms with Gasteiger partial charge in [0.25, 0.3) is 0 Å². The van der Waals surface area contributed by atoms with Gasteiger partial charge >= 0.3 is 0 Å². The predicted octanol–water partition coefficient (Wildman–Crippen LogP) is 0.824. The molecule has 11 heavy (non-hydrogen) atoms. The van der Waals surface area contributed by atoms with Crippen LogP contribution in [0.3, 0.4) is 0 Å². The molecule has 0 atom stereocenters. The van der Waals surface area contributed by atoms with E-state index in [9.17, 15) is 0 Å². The van der Waals surface area contributed by atoms with Crippen molar-refractivity contribution in [2.24, 2.45) is 0 Å². The van der Waals surface area contributed by atoms with E-state index in [4.69, 9.17) is 11.5 Å². The van der Waals surface area contributed by atoms with Crippen molar-refractivity contribution in [1.82, 2.24) is 15.0 Å². The van der Waals surface area contributed by atoms with Crippen molar-refractivity contribution in [2.75, 3.05) is 11.5 Å². The second kappa shape index (κ2) is 3.31. The van der Waals surface area contributed by atoms with Gasteiger partial charge in [0.1, 0.15) is 3.74 Å². The normalized spacial score (nSPS) is 10.5. The molecule has 1 aromatic heterocycles. The maximum Gasteiger partial charge on any atom is 0.225 e. The van der Waals surface area contributed by atoms with Crippen molar-refractivity contribution in [2.45, 2.75) is 3.74 Å². The summed E-state index contributed by atoms with van der Waals surface area (Å²) in [5, 5.41) is 0. The first-order valence-corrected chi connectivity index (χ1v) is 4.48. The third kappa shape index (κ3) is 2.26. The topological polar surface area (TPSA) is 90.7 Å². The van der Waals surface area contributed by atoms with Crippen molar-refractivity contribution < 1.29 is 0 Å². The molecule has 1 rings (SSSR count). The number of nitrogen functional groups attached to an aromatic ring is 2. The summed E-state index contributed by atoms with van der Waals surface area (Å²) in [5.74, 6) is 0.711. The molecular weight excluding hydrogens is 278 g/mol. The highest BCUT2D eigenvalue weighted by Gasteiger charge is 2.07. The molecule has 7 heteroatoms. The van der Waals surface area contributed by atoms with E-state index in [1.165, 1.54) is 0 Å². The number of halogens is 2. The Bertz CT molecular complexity index is 242. The van der Waals surface area contributed by atoms with Crippen LogP contribution in [0.2, 0.25) is 0 Å². The summed E-state index contributed by atoms with van der Waals surface area (Å²) in [4.78, 5) is 11.2. The Morgan fingerprint density at radius 2 is 1.45 bits per heavy atom. The molecule has 0 aliphatic carbocycles. The molecule has 0 radical (unpaired) electrons. The maximum absolute atomic E-state index is 5.31. The SMILES string of the molecule is Nc1nc(N)nc(C(Br)Br)n1. The lowest BCUT2D eigenvalue weighted by Crippen LogP contribution is -2.06. The summed E-state index contributed by atoms with van der Waals surface area (Å²) < 4.78 is -0.150. The summed E-state index contributed by atoms with van der Waals surface area (Å²) in [5.41, 5.74) is 10.6. The maximum atomic E-state index is 5.31. The van der Waals surface area contributed by atoms with E-state index in [2.05, 4.69) is 46.8 Å². The van der Waals surface area contributed by atoms with Crippen molar-refractivity contribution >= 4 is 43.8 Å². The van der Waals surface area contributed by atoms with Crippen LogP contribution >= 0.6 is 31.9 Å². The van der Waals surface area contributed by atoms with Crippen molar-refractivity contribution in [3.05, 3.63) is 5.82 Å². The van der Waals surface area contributed by atoms with Crippen LogP contribution in [0.5, 0.6) is 0 Å². The minimum atomic E-state index is -0.150. The van der Waals surface area contributed by atoms with E-state index in [0.717, 1.165) is 0 Å². The number of nitrogens with zero attached hydrogens (tertiary/aromatic N) is 3. The molecule has 0 saturated heterocycles. The van der Waals surface area contributed by atoms with Crippen molar-refractivity contribution in [3.63, 3.8) is 0 Å². The van der Waals surface area contributed by atoms with Crippen LogP contribution in [-0.2, 0) is 0 Å². The van der Waals surface area contributed by atoms with Gasteiger partial charge in [-0.15, -0.1) is 0 Å². The molecule has 0 saturated carbocycles. The molecule has 0 aliphatic rings. The fraction of sp³-hybridized carbons (Fsp3) is 0.250. The molecule has 1 aromatic rings. The van der Waals surface area contributed by atoms with E-state index in [1.54, 1.807) is 0 Å². The van der Waals surface area contributed by atoms with E-state index >= 15 is 0 Å². The zero-order chi connectivity index (χ0) is 8.43. The first-order chi connectivity index (χ1) is 5.09. The molecule has 1 heterocycles. The fourth-order valence-corrected chi connectivity index (χ4v) is 0.934. The fourth-order valence-electron chi connectivity index (χ4n) is 0.525. The molecule has 0 aliphatic heterocycles. The van der Waals surface area contributed by atoms with E-state index in [1.807, 2.05) is 0 Å². The zero-order valence-corrected chi connectivity index (χ0v) is 8.50. The van der Waals surface area contributed by atoms with Gasteiger partial charge in [0.2, 0.25) is 11.9 Å². The molecule has 0 spiro atoms. The second-order valence-electron chi connectivity index (χ2n) is 1.71. The van der Waals surface area contributed by atoms with Crippen LogP contribution in [0.4, 0.5) is 11.9 Å². The quantitative estimate of drug-likeness (QED) is 0.745. The molecule has 60 valence electrons. The van der Waals surface area contributed by atoms with Gasteiger partial charge in [-0.3, -0.25) is 0 Å². The lowest BCUT2D eigenvalue weighted by Gasteiger charge is -2.00. The second-order valence-corrected chi connectivity index (χ2v) is 4.77. The zero-order valence-electron chi connectivity index (χ0n) is 5.33. The molecule has 0 aromatic carbocycles. The average Bonchev–Trinajstić information content (AvgIpc) is 1.85. The lowest BCUT2D eigenvalue weighted by atomic mass is 10.7. The highest BCUT2D eigenvalue weighted by Crippen LogP contribution is 2.26.